The molecular weight excluding hydrogens is 254 g/mol. The van der Waals surface area contributed by atoms with Gasteiger partial charge in [0.15, 0.2) is 11.6 Å². The topological polar surface area (TPSA) is 60.9 Å². The normalized spacial score (nSPS) is 17.2. The quantitative estimate of drug-likeness (QED) is 0.862. The predicted molar refractivity (Wildman–Crippen MR) is 73.6 cm³/mol. The molecule has 0 aromatic carbocycles. The fourth-order valence-corrected chi connectivity index (χ4v) is 2.87. The number of aromatic nitrogens is 3. The average molecular weight is 273 g/mol. The van der Waals surface area contributed by atoms with Gasteiger partial charge in [0.1, 0.15) is 0 Å². The zero-order chi connectivity index (χ0) is 14.3. The highest BCUT2D eigenvalue weighted by Crippen LogP contribution is 2.35. The number of ketones is 1. The van der Waals surface area contributed by atoms with Crippen molar-refractivity contribution in [2.45, 2.75) is 46.6 Å². The van der Waals surface area contributed by atoms with E-state index in [4.69, 9.17) is 4.52 Å². The molecule has 5 heteroatoms. The highest BCUT2D eigenvalue weighted by Gasteiger charge is 2.32. The summed E-state index contributed by atoms with van der Waals surface area (Å²) in [6, 6.07) is 1.94. The Hall–Kier alpha value is -1.91. The van der Waals surface area contributed by atoms with E-state index < -0.39 is 0 Å². The molecule has 0 unspecified atom stereocenters. The lowest BCUT2D eigenvalue weighted by Gasteiger charge is -2.29. The molecule has 0 amide bonds. The molecule has 106 valence electrons. The molecular formula is C15H19N3O2. The summed E-state index contributed by atoms with van der Waals surface area (Å²) < 4.78 is 7.13. The van der Waals surface area contributed by atoms with Crippen molar-refractivity contribution in [3.63, 3.8) is 0 Å². The van der Waals surface area contributed by atoms with Crippen LogP contribution in [0.3, 0.4) is 0 Å². The van der Waals surface area contributed by atoms with Gasteiger partial charge >= 0.3 is 0 Å². The molecule has 1 aliphatic rings. The molecule has 0 aliphatic heterocycles. The molecule has 20 heavy (non-hydrogen) atoms. The maximum absolute atomic E-state index is 12.1. The number of rotatable bonds is 3. The lowest BCUT2D eigenvalue weighted by Crippen LogP contribution is -2.28. The second kappa shape index (κ2) is 4.58. The Morgan fingerprint density at radius 2 is 2.20 bits per heavy atom. The van der Waals surface area contributed by atoms with Gasteiger partial charge < -0.3 is 9.09 Å². The van der Waals surface area contributed by atoms with Gasteiger partial charge in [0.2, 0.25) is 5.89 Å². The molecule has 0 spiro atoms. The van der Waals surface area contributed by atoms with Gasteiger partial charge in [-0.15, -0.1) is 0 Å². The van der Waals surface area contributed by atoms with Crippen molar-refractivity contribution in [3.05, 3.63) is 35.2 Å². The lowest BCUT2D eigenvalue weighted by atomic mass is 9.76. The molecule has 5 nitrogen and oxygen atoms in total. The van der Waals surface area contributed by atoms with E-state index in [1.807, 2.05) is 12.3 Å². The van der Waals surface area contributed by atoms with Crippen molar-refractivity contribution in [2.24, 2.45) is 5.41 Å². The van der Waals surface area contributed by atoms with E-state index in [-0.39, 0.29) is 11.2 Å². The Kier molecular flexibility index (Phi) is 3.00. The van der Waals surface area contributed by atoms with Crippen LogP contribution < -0.4 is 0 Å². The third-order valence-corrected chi connectivity index (χ3v) is 3.81. The minimum absolute atomic E-state index is 0.0446. The number of hydrogen-bond donors (Lipinski definition) is 0. The Morgan fingerprint density at radius 3 is 2.90 bits per heavy atom. The predicted octanol–water partition coefficient (Wildman–Crippen LogP) is 2.58. The Morgan fingerprint density at radius 1 is 1.40 bits per heavy atom. The van der Waals surface area contributed by atoms with Gasteiger partial charge in [-0.2, -0.15) is 4.98 Å². The van der Waals surface area contributed by atoms with Gasteiger partial charge in [-0.25, -0.2) is 0 Å². The third-order valence-electron chi connectivity index (χ3n) is 3.81. The SMILES string of the molecule is Cc1nc(CCn2ccc3c2CC(C)(C)CC3=O)no1. The number of carbonyl (C=O) groups excluding carboxylic acids is 1. The average Bonchev–Trinajstić information content (AvgIpc) is 2.92. The molecule has 0 saturated heterocycles. The summed E-state index contributed by atoms with van der Waals surface area (Å²) in [6.07, 6.45) is 4.28. The van der Waals surface area contributed by atoms with Crippen LogP contribution in [0.1, 0.15) is 48.0 Å². The van der Waals surface area contributed by atoms with Gasteiger partial charge in [-0.05, 0) is 17.9 Å². The van der Waals surface area contributed by atoms with Crippen LogP contribution in [-0.4, -0.2) is 20.5 Å². The second-order valence-electron chi connectivity index (χ2n) is 6.29. The van der Waals surface area contributed by atoms with Gasteiger partial charge in [-0.1, -0.05) is 19.0 Å². The summed E-state index contributed by atoms with van der Waals surface area (Å²) in [7, 11) is 0. The van der Waals surface area contributed by atoms with Gasteiger partial charge in [0.25, 0.3) is 0 Å². The van der Waals surface area contributed by atoms with Crippen LogP contribution >= 0.6 is 0 Å². The number of carbonyl (C=O) groups is 1. The van der Waals surface area contributed by atoms with Crippen LogP contribution in [0.25, 0.3) is 0 Å². The zero-order valence-electron chi connectivity index (χ0n) is 12.1. The first-order chi connectivity index (χ1) is 9.44. The smallest absolute Gasteiger partial charge is 0.223 e. The van der Waals surface area contributed by atoms with E-state index in [1.54, 1.807) is 6.92 Å². The van der Waals surface area contributed by atoms with Crippen molar-refractivity contribution >= 4 is 5.78 Å². The highest BCUT2D eigenvalue weighted by molar-refractivity contribution is 5.98. The highest BCUT2D eigenvalue weighted by atomic mass is 16.5. The largest absolute Gasteiger partial charge is 0.350 e. The maximum atomic E-state index is 12.1. The van der Waals surface area contributed by atoms with E-state index in [0.717, 1.165) is 24.2 Å². The first-order valence-corrected chi connectivity index (χ1v) is 6.95. The van der Waals surface area contributed by atoms with Crippen molar-refractivity contribution in [1.82, 2.24) is 14.7 Å². The molecule has 2 aromatic rings. The minimum atomic E-state index is 0.0446. The van der Waals surface area contributed by atoms with Crippen LogP contribution in [0, 0.1) is 12.3 Å². The fourth-order valence-electron chi connectivity index (χ4n) is 2.87. The number of fused-ring (bicyclic) bond motifs is 1. The Labute approximate surface area is 118 Å². The van der Waals surface area contributed by atoms with Crippen LogP contribution in [0.5, 0.6) is 0 Å². The van der Waals surface area contributed by atoms with Gasteiger partial charge in [0, 0.05) is 43.8 Å². The monoisotopic (exact) mass is 273 g/mol. The standard InChI is InChI=1S/C15H19N3O2/c1-10-16-14(17-20-10)5-7-18-6-4-11-12(18)8-15(2,3)9-13(11)19/h4,6H,5,7-9H2,1-3H3. The van der Waals surface area contributed by atoms with Crippen molar-refractivity contribution in [1.29, 1.82) is 0 Å². The molecule has 1 aliphatic carbocycles. The molecule has 0 fully saturated rings. The van der Waals surface area contributed by atoms with E-state index in [0.29, 0.717) is 24.6 Å². The van der Waals surface area contributed by atoms with Crippen LogP contribution in [0.15, 0.2) is 16.8 Å². The summed E-state index contributed by atoms with van der Waals surface area (Å²) in [4.78, 5) is 16.3. The second-order valence-corrected chi connectivity index (χ2v) is 6.29. The Bertz CT molecular complexity index is 652. The summed E-state index contributed by atoms with van der Waals surface area (Å²) in [6.45, 7) is 6.86. The summed E-state index contributed by atoms with van der Waals surface area (Å²) in [5.74, 6) is 1.56. The summed E-state index contributed by atoms with van der Waals surface area (Å²) in [5.41, 5.74) is 2.07. The molecule has 0 atom stereocenters. The molecule has 0 bridgehead atoms. The maximum Gasteiger partial charge on any atom is 0.223 e. The summed E-state index contributed by atoms with van der Waals surface area (Å²) >= 11 is 0. The molecule has 3 rings (SSSR count). The number of nitrogens with zero attached hydrogens (tertiary/aromatic N) is 3. The first-order valence-electron chi connectivity index (χ1n) is 6.95. The molecule has 0 saturated carbocycles. The van der Waals surface area contributed by atoms with Crippen molar-refractivity contribution < 1.29 is 9.32 Å². The minimum Gasteiger partial charge on any atom is -0.350 e. The molecule has 0 N–H and O–H groups in total. The number of hydrogen-bond acceptors (Lipinski definition) is 4. The van der Waals surface area contributed by atoms with Crippen LogP contribution in [0.2, 0.25) is 0 Å². The van der Waals surface area contributed by atoms with E-state index in [9.17, 15) is 4.79 Å². The number of Topliss-reactive ketones (excluding diaryl/α,β-unsaturated/α-hetero) is 1. The van der Waals surface area contributed by atoms with Crippen LogP contribution in [-0.2, 0) is 19.4 Å². The van der Waals surface area contributed by atoms with E-state index in [1.165, 1.54) is 0 Å². The zero-order valence-corrected chi connectivity index (χ0v) is 12.1. The van der Waals surface area contributed by atoms with Crippen molar-refractivity contribution in [2.75, 3.05) is 0 Å². The van der Waals surface area contributed by atoms with E-state index in [2.05, 4.69) is 28.6 Å². The van der Waals surface area contributed by atoms with Gasteiger partial charge in [-0.3, -0.25) is 4.79 Å². The molecule has 0 radical (unpaired) electrons. The van der Waals surface area contributed by atoms with E-state index >= 15 is 0 Å². The molecule has 2 heterocycles. The van der Waals surface area contributed by atoms with Gasteiger partial charge in [0.05, 0.1) is 0 Å². The first kappa shape index (κ1) is 13.1. The number of aryl methyl sites for hydroxylation is 3. The third kappa shape index (κ3) is 2.40. The molecule has 2 aromatic heterocycles. The van der Waals surface area contributed by atoms with Crippen LogP contribution in [0.4, 0.5) is 0 Å². The Balaban J connectivity index is 1.80. The fraction of sp³-hybridized carbons (Fsp3) is 0.533. The summed E-state index contributed by atoms with van der Waals surface area (Å²) in [5, 5.41) is 3.90. The van der Waals surface area contributed by atoms with Crippen molar-refractivity contribution in [3.8, 4) is 0 Å². The lowest BCUT2D eigenvalue weighted by molar-refractivity contribution is 0.0910.